The van der Waals surface area contributed by atoms with Crippen LogP contribution in [0.5, 0.6) is 0 Å². The summed E-state index contributed by atoms with van der Waals surface area (Å²) in [6, 6.07) is 2.46. The number of nitrogens with zero attached hydrogens (tertiary/aromatic N) is 4. The highest BCUT2D eigenvalue weighted by molar-refractivity contribution is 5.94. The monoisotopic (exact) mass is 449 g/mol. The summed E-state index contributed by atoms with van der Waals surface area (Å²) >= 11 is 0. The number of pyridine rings is 1. The maximum Gasteiger partial charge on any atom is 0.234 e. The number of hydrogen-bond donors (Lipinski definition) is 3. The largest absolute Gasteiger partial charge is 0.378 e. The van der Waals surface area contributed by atoms with Crippen molar-refractivity contribution in [3.8, 4) is 0 Å². The van der Waals surface area contributed by atoms with Crippen molar-refractivity contribution in [1.29, 1.82) is 0 Å². The van der Waals surface area contributed by atoms with Crippen molar-refractivity contribution in [3.63, 3.8) is 0 Å². The number of ether oxygens (including phenoxy) is 1. The third kappa shape index (κ3) is 4.96. The van der Waals surface area contributed by atoms with E-state index < -0.39 is 30.3 Å². The quantitative estimate of drug-likeness (QED) is 0.513. The number of alkyl halides is 1. The summed E-state index contributed by atoms with van der Waals surface area (Å²) in [4.78, 5) is 32.8. The Balaban J connectivity index is 1.46. The molecule has 0 radical (unpaired) electrons. The summed E-state index contributed by atoms with van der Waals surface area (Å²) in [7, 11) is 1.69. The van der Waals surface area contributed by atoms with Gasteiger partial charge in [0.25, 0.3) is 0 Å². The van der Waals surface area contributed by atoms with Crippen LogP contribution in [0.2, 0.25) is 0 Å². The Hall–Kier alpha value is -2.05. The molecule has 4 rings (SSSR count). The fraction of sp³-hybridized carbons (Fsp3) is 0.714. The molecule has 0 aromatic carbocycles. The first kappa shape index (κ1) is 23.1. The molecule has 176 valence electrons. The van der Waals surface area contributed by atoms with E-state index in [0.717, 1.165) is 44.7 Å². The van der Waals surface area contributed by atoms with Crippen molar-refractivity contribution in [3.05, 3.63) is 28.9 Å². The Bertz CT molecular complexity index is 803. The van der Waals surface area contributed by atoms with E-state index in [4.69, 9.17) is 10.5 Å². The SMILES string of the molecule is CN1CC(F)CNC1C(C(=O)Nc1cnccc1C1CCN(C2COC2)CC1)C(N)N=O. The van der Waals surface area contributed by atoms with Crippen molar-refractivity contribution < 1.29 is 13.9 Å². The van der Waals surface area contributed by atoms with Crippen LogP contribution in [0.1, 0.15) is 24.3 Å². The Morgan fingerprint density at radius 3 is 2.78 bits per heavy atom. The van der Waals surface area contributed by atoms with Gasteiger partial charge in [0.1, 0.15) is 12.1 Å². The number of halogens is 1. The van der Waals surface area contributed by atoms with Gasteiger partial charge in [0, 0.05) is 19.3 Å². The molecule has 0 aliphatic carbocycles. The van der Waals surface area contributed by atoms with Crippen LogP contribution < -0.4 is 16.4 Å². The molecule has 0 saturated carbocycles. The number of nitroso groups, excluding NO2 is 1. The van der Waals surface area contributed by atoms with Crippen LogP contribution in [-0.2, 0) is 9.53 Å². The molecular formula is C21H32FN7O3. The van der Waals surface area contributed by atoms with E-state index >= 15 is 0 Å². The number of aromatic nitrogens is 1. The standard InChI is InChI=1S/C21H32FN7O3/c1-28-10-14(22)8-25-20(28)18(19(23)27-31)21(30)26-17-9-24-5-2-16(17)13-3-6-29(7-4-13)15-11-32-12-15/h2,5,9,13-15,18-20,25H,3-4,6-8,10-12,23H2,1H3,(H,26,30). The van der Waals surface area contributed by atoms with E-state index in [0.29, 0.717) is 17.6 Å². The third-order valence-corrected chi connectivity index (χ3v) is 6.86. The maximum atomic E-state index is 13.7. The average molecular weight is 450 g/mol. The highest BCUT2D eigenvalue weighted by Crippen LogP contribution is 2.34. The van der Waals surface area contributed by atoms with Gasteiger partial charge in [-0.25, -0.2) is 4.39 Å². The van der Waals surface area contributed by atoms with Crippen molar-refractivity contribution in [2.75, 3.05) is 51.8 Å². The molecule has 0 spiro atoms. The predicted molar refractivity (Wildman–Crippen MR) is 118 cm³/mol. The molecule has 11 heteroatoms. The van der Waals surface area contributed by atoms with Crippen molar-refractivity contribution >= 4 is 11.6 Å². The zero-order valence-corrected chi connectivity index (χ0v) is 18.3. The molecule has 10 nitrogen and oxygen atoms in total. The fourth-order valence-electron chi connectivity index (χ4n) is 4.94. The molecule has 1 aromatic rings. The lowest BCUT2D eigenvalue weighted by Gasteiger charge is -2.41. The van der Waals surface area contributed by atoms with Crippen LogP contribution in [0.25, 0.3) is 0 Å². The van der Waals surface area contributed by atoms with Gasteiger partial charge in [0.15, 0.2) is 6.17 Å². The number of nitrogens with one attached hydrogen (secondary N) is 2. The van der Waals surface area contributed by atoms with E-state index in [-0.39, 0.29) is 13.1 Å². The zero-order valence-electron chi connectivity index (χ0n) is 18.3. The molecular weight excluding hydrogens is 417 g/mol. The van der Waals surface area contributed by atoms with E-state index in [1.54, 1.807) is 24.3 Å². The van der Waals surface area contributed by atoms with Crippen LogP contribution in [-0.4, -0.2) is 91.7 Å². The number of piperidine rings is 1. The van der Waals surface area contributed by atoms with Gasteiger partial charge in [0.05, 0.1) is 37.3 Å². The van der Waals surface area contributed by atoms with Gasteiger partial charge >= 0.3 is 0 Å². The summed E-state index contributed by atoms with van der Waals surface area (Å²) in [5.74, 6) is -1.11. The minimum atomic E-state index is -1.26. The number of amides is 1. The number of rotatable bonds is 7. The molecule has 4 N–H and O–H groups in total. The maximum absolute atomic E-state index is 13.7. The molecule has 4 unspecified atom stereocenters. The van der Waals surface area contributed by atoms with Crippen LogP contribution in [0.15, 0.2) is 23.6 Å². The van der Waals surface area contributed by atoms with E-state index in [2.05, 4.69) is 25.7 Å². The summed E-state index contributed by atoms with van der Waals surface area (Å²) in [5.41, 5.74) is 7.56. The molecule has 3 aliphatic heterocycles. The first-order chi connectivity index (χ1) is 15.5. The van der Waals surface area contributed by atoms with Gasteiger partial charge in [-0.1, -0.05) is 5.18 Å². The third-order valence-electron chi connectivity index (χ3n) is 6.86. The molecule has 1 amide bonds. The highest BCUT2D eigenvalue weighted by Gasteiger charge is 2.40. The predicted octanol–water partition coefficient (Wildman–Crippen LogP) is 0.465. The van der Waals surface area contributed by atoms with Crippen LogP contribution in [0, 0.1) is 10.8 Å². The number of likely N-dealkylation sites (tertiary alicyclic amines) is 1. The van der Waals surface area contributed by atoms with Crippen LogP contribution in [0.3, 0.4) is 0 Å². The number of hydrogen-bond acceptors (Lipinski definition) is 9. The van der Waals surface area contributed by atoms with Crippen LogP contribution >= 0.6 is 0 Å². The van der Waals surface area contributed by atoms with Gasteiger partial charge in [-0.15, -0.1) is 4.91 Å². The molecule has 4 atom stereocenters. The highest BCUT2D eigenvalue weighted by atomic mass is 19.1. The van der Waals surface area contributed by atoms with Crippen molar-refractivity contribution in [2.45, 2.75) is 43.3 Å². The van der Waals surface area contributed by atoms with Crippen molar-refractivity contribution in [2.24, 2.45) is 16.8 Å². The molecule has 32 heavy (non-hydrogen) atoms. The lowest BCUT2D eigenvalue weighted by atomic mass is 9.88. The Morgan fingerprint density at radius 2 is 2.16 bits per heavy atom. The van der Waals surface area contributed by atoms with E-state index in [9.17, 15) is 14.1 Å². The molecule has 3 fully saturated rings. The van der Waals surface area contributed by atoms with Gasteiger partial charge < -0.3 is 15.8 Å². The second-order valence-corrected chi connectivity index (χ2v) is 8.97. The smallest absolute Gasteiger partial charge is 0.234 e. The minimum Gasteiger partial charge on any atom is -0.378 e. The molecule has 3 saturated heterocycles. The zero-order chi connectivity index (χ0) is 22.7. The van der Waals surface area contributed by atoms with E-state index in [1.165, 1.54) is 0 Å². The Labute approximate surface area is 187 Å². The van der Waals surface area contributed by atoms with E-state index in [1.807, 2.05) is 6.07 Å². The lowest BCUT2D eigenvalue weighted by Crippen LogP contribution is -2.62. The molecule has 0 bridgehead atoms. The minimum absolute atomic E-state index is 0.0904. The number of carbonyl (C=O) groups excluding carboxylic acids is 1. The summed E-state index contributed by atoms with van der Waals surface area (Å²) in [6.07, 6.45) is 2.40. The second-order valence-electron chi connectivity index (χ2n) is 8.97. The Kier molecular flexibility index (Phi) is 7.41. The van der Waals surface area contributed by atoms with Crippen LogP contribution in [0.4, 0.5) is 10.1 Å². The van der Waals surface area contributed by atoms with Gasteiger partial charge in [-0.05, 0) is 50.5 Å². The molecule has 4 heterocycles. The number of anilines is 1. The average Bonchev–Trinajstić information content (AvgIpc) is 2.75. The van der Waals surface area contributed by atoms with Gasteiger partial charge in [0.2, 0.25) is 5.91 Å². The number of nitrogens with two attached hydrogens (primary N) is 1. The lowest BCUT2D eigenvalue weighted by molar-refractivity contribution is -0.124. The topological polar surface area (TPSA) is 125 Å². The van der Waals surface area contributed by atoms with Gasteiger partial charge in [-0.2, -0.15) is 0 Å². The summed E-state index contributed by atoms with van der Waals surface area (Å²) < 4.78 is 19.0. The Morgan fingerprint density at radius 1 is 1.41 bits per heavy atom. The molecule has 1 aromatic heterocycles. The molecule has 3 aliphatic rings. The van der Waals surface area contributed by atoms with Gasteiger partial charge in [-0.3, -0.25) is 24.9 Å². The summed E-state index contributed by atoms with van der Waals surface area (Å²) in [5, 5.41) is 8.83. The summed E-state index contributed by atoms with van der Waals surface area (Å²) in [6.45, 7) is 3.82. The number of carbonyl (C=O) groups is 1. The normalized spacial score (nSPS) is 28.0. The fourth-order valence-corrected chi connectivity index (χ4v) is 4.94. The first-order valence-corrected chi connectivity index (χ1v) is 11.2. The first-order valence-electron chi connectivity index (χ1n) is 11.2. The van der Waals surface area contributed by atoms with Crippen molar-refractivity contribution in [1.82, 2.24) is 20.1 Å². The second kappa shape index (κ2) is 10.3.